The molecule has 0 unspecified atom stereocenters. The Morgan fingerprint density at radius 2 is 1.00 bits per heavy atom. The Morgan fingerprint density at radius 1 is 0.633 bits per heavy atom. The van der Waals surface area contributed by atoms with Crippen LogP contribution in [0.25, 0.3) is 0 Å². The van der Waals surface area contributed by atoms with Crippen molar-refractivity contribution >= 4 is 11.4 Å². The van der Waals surface area contributed by atoms with Gasteiger partial charge in [-0.2, -0.15) is 10.5 Å². The highest BCUT2D eigenvalue weighted by Gasteiger charge is 1.96. The summed E-state index contributed by atoms with van der Waals surface area (Å²) in [5.74, 6) is 12.3. The molecule has 4 nitrogen and oxygen atoms in total. The van der Waals surface area contributed by atoms with Crippen molar-refractivity contribution in [2.75, 3.05) is 38.0 Å². The number of nitriles is 2. The zero-order chi connectivity index (χ0) is 21.9. The van der Waals surface area contributed by atoms with Gasteiger partial charge in [-0.15, -0.1) is 0 Å². The number of nitrogens with zero attached hydrogens (tertiary/aromatic N) is 4. The molecular weight excluding hydrogens is 368 g/mol. The van der Waals surface area contributed by atoms with Crippen LogP contribution in [-0.4, -0.2) is 28.2 Å². The van der Waals surface area contributed by atoms with Gasteiger partial charge in [-0.3, -0.25) is 0 Å². The zero-order valence-electron chi connectivity index (χ0n) is 17.6. The van der Waals surface area contributed by atoms with E-state index < -0.39 is 0 Å². The minimum absolute atomic E-state index is 0.00164. The molecule has 0 saturated heterocycles. The Kier molecular flexibility index (Phi) is 7.91. The summed E-state index contributed by atoms with van der Waals surface area (Å²) >= 11 is 0. The summed E-state index contributed by atoms with van der Waals surface area (Å²) in [5, 5.41) is 17.9. The molecule has 146 valence electrons. The van der Waals surface area contributed by atoms with Gasteiger partial charge in [-0.05, 0) is 60.7 Å². The SMILES string of the molecule is CN(C)c1ccc(C#CC(C#Cc2ccc(N(C)C)cc2)=CC=C(C#N)C#N)cc1. The number of hydrogen-bond donors (Lipinski definition) is 0. The van der Waals surface area contributed by atoms with Gasteiger partial charge in [0.25, 0.3) is 0 Å². The molecule has 2 aromatic carbocycles. The average Bonchev–Trinajstić information content (AvgIpc) is 2.76. The largest absolute Gasteiger partial charge is 0.378 e. The lowest BCUT2D eigenvalue weighted by Gasteiger charge is -2.11. The normalized spacial score (nSPS) is 8.73. The van der Waals surface area contributed by atoms with E-state index in [1.165, 1.54) is 6.08 Å². The lowest BCUT2D eigenvalue weighted by Crippen LogP contribution is -2.07. The molecule has 2 rings (SSSR count). The zero-order valence-corrected chi connectivity index (χ0v) is 17.6. The topological polar surface area (TPSA) is 54.1 Å². The quantitative estimate of drug-likeness (QED) is 0.449. The molecule has 0 aliphatic carbocycles. The predicted molar refractivity (Wildman–Crippen MR) is 123 cm³/mol. The highest BCUT2D eigenvalue weighted by molar-refractivity contribution is 5.57. The maximum atomic E-state index is 8.95. The van der Waals surface area contributed by atoms with E-state index in [1.54, 1.807) is 6.08 Å². The maximum absolute atomic E-state index is 8.95. The fourth-order valence-electron chi connectivity index (χ4n) is 2.35. The first kappa shape index (κ1) is 21.9. The van der Waals surface area contributed by atoms with Gasteiger partial charge in [-0.1, -0.05) is 23.7 Å². The average molecular weight is 390 g/mol. The van der Waals surface area contributed by atoms with E-state index in [-0.39, 0.29) is 5.57 Å². The molecule has 0 aliphatic heterocycles. The monoisotopic (exact) mass is 390 g/mol. The first-order valence-electron chi connectivity index (χ1n) is 9.24. The van der Waals surface area contributed by atoms with E-state index in [1.807, 2.05) is 98.7 Å². The highest BCUT2D eigenvalue weighted by Crippen LogP contribution is 2.12. The standard InChI is InChI=1S/C26H22N4/c1-29(2)25-15-11-22(12-16-25)7-5-21(9-10-24(19-27)20-28)6-8-23-13-17-26(18-14-23)30(3)4/h9-18H,1-4H3. The molecule has 4 heteroatoms. The predicted octanol–water partition coefficient (Wildman–Crippen LogP) is 4.12. The van der Waals surface area contributed by atoms with Crippen LogP contribution in [0, 0.1) is 46.3 Å². The maximum Gasteiger partial charge on any atom is 0.129 e. The van der Waals surface area contributed by atoms with Crippen molar-refractivity contribution in [1.82, 2.24) is 0 Å². The Labute approximate surface area is 179 Å². The van der Waals surface area contributed by atoms with Crippen LogP contribution in [0.2, 0.25) is 0 Å². The van der Waals surface area contributed by atoms with Crippen LogP contribution in [0.3, 0.4) is 0 Å². The fourth-order valence-corrected chi connectivity index (χ4v) is 2.35. The summed E-state index contributed by atoms with van der Waals surface area (Å²) < 4.78 is 0. The second-order valence-corrected chi connectivity index (χ2v) is 6.77. The van der Waals surface area contributed by atoms with Crippen molar-refractivity contribution < 1.29 is 0 Å². The Balaban J connectivity index is 2.35. The van der Waals surface area contributed by atoms with Gasteiger partial charge in [0.05, 0.1) is 5.57 Å². The van der Waals surface area contributed by atoms with E-state index in [0.29, 0.717) is 5.57 Å². The molecule has 0 radical (unpaired) electrons. The molecule has 0 saturated carbocycles. The number of anilines is 2. The van der Waals surface area contributed by atoms with Crippen LogP contribution in [0.15, 0.2) is 71.8 Å². The van der Waals surface area contributed by atoms with Gasteiger partial charge in [0.2, 0.25) is 0 Å². The lowest BCUT2D eigenvalue weighted by atomic mass is 10.1. The molecule has 0 aromatic heterocycles. The summed E-state index contributed by atoms with van der Waals surface area (Å²) in [6, 6.07) is 19.4. The molecule has 0 fully saturated rings. The summed E-state index contributed by atoms with van der Waals surface area (Å²) in [5.41, 5.74) is 4.41. The number of benzene rings is 2. The molecule has 0 aliphatic rings. The molecule has 2 aromatic rings. The molecule has 0 amide bonds. The Hall–Kier alpha value is -4.38. The van der Waals surface area contributed by atoms with Crippen LogP contribution in [0.4, 0.5) is 11.4 Å². The van der Waals surface area contributed by atoms with Crippen molar-refractivity contribution in [2.24, 2.45) is 0 Å². The third-order valence-corrected chi connectivity index (χ3v) is 4.11. The van der Waals surface area contributed by atoms with Crippen LogP contribution >= 0.6 is 0 Å². The fraction of sp³-hybridized carbons (Fsp3) is 0.154. The van der Waals surface area contributed by atoms with Crippen LogP contribution in [0.1, 0.15) is 11.1 Å². The minimum atomic E-state index is 0.00164. The van der Waals surface area contributed by atoms with Crippen molar-refractivity contribution in [3.63, 3.8) is 0 Å². The van der Waals surface area contributed by atoms with Crippen molar-refractivity contribution in [2.45, 2.75) is 0 Å². The summed E-state index contributed by atoms with van der Waals surface area (Å²) in [6.45, 7) is 0. The smallest absolute Gasteiger partial charge is 0.129 e. The first-order valence-corrected chi connectivity index (χ1v) is 9.24. The van der Waals surface area contributed by atoms with Gasteiger partial charge in [0, 0.05) is 50.7 Å². The van der Waals surface area contributed by atoms with Crippen LogP contribution < -0.4 is 9.80 Å². The summed E-state index contributed by atoms with van der Waals surface area (Å²) in [6.07, 6.45) is 3.03. The van der Waals surface area contributed by atoms with E-state index >= 15 is 0 Å². The van der Waals surface area contributed by atoms with Crippen LogP contribution in [-0.2, 0) is 0 Å². The Morgan fingerprint density at radius 3 is 1.33 bits per heavy atom. The number of allylic oxidation sites excluding steroid dienone is 4. The van der Waals surface area contributed by atoms with E-state index in [0.717, 1.165) is 22.5 Å². The first-order chi connectivity index (χ1) is 14.4. The summed E-state index contributed by atoms with van der Waals surface area (Å²) in [7, 11) is 7.93. The summed E-state index contributed by atoms with van der Waals surface area (Å²) in [4.78, 5) is 4.04. The van der Waals surface area contributed by atoms with Crippen molar-refractivity contribution in [1.29, 1.82) is 10.5 Å². The van der Waals surface area contributed by atoms with E-state index in [9.17, 15) is 0 Å². The minimum Gasteiger partial charge on any atom is -0.378 e. The van der Waals surface area contributed by atoms with Gasteiger partial charge >= 0.3 is 0 Å². The van der Waals surface area contributed by atoms with Crippen molar-refractivity contribution in [3.8, 4) is 35.8 Å². The Bertz CT molecular complexity index is 1060. The van der Waals surface area contributed by atoms with Crippen molar-refractivity contribution in [3.05, 3.63) is 83.0 Å². The van der Waals surface area contributed by atoms with E-state index in [4.69, 9.17) is 10.5 Å². The second kappa shape index (κ2) is 10.8. The third kappa shape index (κ3) is 6.65. The number of rotatable bonds is 3. The molecule has 0 bridgehead atoms. The lowest BCUT2D eigenvalue weighted by molar-refractivity contribution is 1.13. The molecule has 30 heavy (non-hydrogen) atoms. The molecule has 0 atom stereocenters. The number of hydrogen-bond acceptors (Lipinski definition) is 4. The van der Waals surface area contributed by atoms with Crippen LogP contribution in [0.5, 0.6) is 0 Å². The van der Waals surface area contributed by atoms with Gasteiger partial charge in [0.1, 0.15) is 17.7 Å². The molecule has 0 spiro atoms. The molecule has 0 N–H and O–H groups in total. The molecular formula is C26H22N4. The second-order valence-electron chi connectivity index (χ2n) is 6.77. The third-order valence-electron chi connectivity index (χ3n) is 4.11. The highest BCUT2D eigenvalue weighted by atomic mass is 15.1. The van der Waals surface area contributed by atoms with E-state index in [2.05, 4.69) is 23.7 Å². The van der Waals surface area contributed by atoms with Gasteiger partial charge < -0.3 is 9.80 Å². The van der Waals surface area contributed by atoms with Gasteiger partial charge in [0.15, 0.2) is 0 Å². The van der Waals surface area contributed by atoms with Gasteiger partial charge in [-0.25, -0.2) is 0 Å². The molecule has 0 heterocycles.